The average Bonchev–Trinajstić information content (AvgIpc) is 2.88. The monoisotopic (exact) mass is 440 g/mol. The van der Waals surface area contributed by atoms with Crippen molar-refractivity contribution in [3.05, 3.63) is 107 Å². The second-order valence-electron chi connectivity index (χ2n) is 9.38. The van der Waals surface area contributed by atoms with Gasteiger partial charge in [0.1, 0.15) is 0 Å². The second-order valence-corrected chi connectivity index (χ2v) is 9.38. The van der Waals surface area contributed by atoms with Gasteiger partial charge < -0.3 is 10.4 Å². The van der Waals surface area contributed by atoms with Crippen molar-refractivity contribution < 1.29 is 9.90 Å². The molecule has 3 aromatic rings. The highest BCUT2D eigenvalue weighted by Gasteiger charge is 2.35. The smallest absolute Gasteiger partial charge is 0.251 e. The van der Waals surface area contributed by atoms with E-state index < -0.39 is 6.10 Å². The highest BCUT2D eigenvalue weighted by atomic mass is 16.3. The van der Waals surface area contributed by atoms with E-state index in [2.05, 4.69) is 46.6 Å². The third kappa shape index (κ3) is 4.87. The van der Waals surface area contributed by atoms with E-state index in [0.717, 1.165) is 54.6 Å². The number of nitrogens with zero attached hydrogens (tertiary/aromatic N) is 1. The maximum absolute atomic E-state index is 13.1. The molecule has 1 saturated heterocycles. The zero-order valence-electron chi connectivity index (χ0n) is 19.0. The summed E-state index contributed by atoms with van der Waals surface area (Å²) < 4.78 is 0. The van der Waals surface area contributed by atoms with Gasteiger partial charge in [-0.05, 0) is 66.6 Å². The molecule has 1 aliphatic carbocycles. The Bertz CT molecular complexity index is 1080. The van der Waals surface area contributed by atoms with Gasteiger partial charge in [0.2, 0.25) is 0 Å². The molecule has 170 valence electrons. The van der Waals surface area contributed by atoms with E-state index in [-0.39, 0.29) is 11.9 Å². The number of piperidine rings is 1. The Morgan fingerprint density at radius 2 is 1.58 bits per heavy atom. The van der Waals surface area contributed by atoms with Crippen LogP contribution in [0.2, 0.25) is 0 Å². The molecular formula is C29H32N2O2. The van der Waals surface area contributed by atoms with Crippen LogP contribution in [0.5, 0.6) is 0 Å². The van der Waals surface area contributed by atoms with E-state index in [1.165, 1.54) is 5.56 Å². The van der Waals surface area contributed by atoms with Crippen LogP contribution >= 0.6 is 0 Å². The van der Waals surface area contributed by atoms with Crippen molar-refractivity contribution in [2.45, 2.75) is 50.3 Å². The van der Waals surface area contributed by atoms with Crippen molar-refractivity contribution in [2.75, 3.05) is 13.1 Å². The van der Waals surface area contributed by atoms with E-state index in [1.807, 2.05) is 42.5 Å². The highest BCUT2D eigenvalue weighted by Crippen LogP contribution is 2.33. The Kier molecular flexibility index (Phi) is 6.56. The molecule has 2 atom stereocenters. The summed E-state index contributed by atoms with van der Waals surface area (Å²) in [5.41, 5.74) is 5.46. The molecule has 1 heterocycles. The molecule has 0 saturated carbocycles. The quantitative estimate of drug-likeness (QED) is 0.621. The fourth-order valence-electron chi connectivity index (χ4n) is 5.52. The first kappa shape index (κ1) is 21.9. The zero-order valence-corrected chi connectivity index (χ0v) is 19.0. The van der Waals surface area contributed by atoms with Gasteiger partial charge in [0.15, 0.2) is 0 Å². The van der Waals surface area contributed by atoms with Crippen LogP contribution in [0.1, 0.15) is 51.4 Å². The minimum absolute atomic E-state index is 0.0337. The van der Waals surface area contributed by atoms with Crippen LogP contribution in [0.3, 0.4) is 0 Å². The molecule has 1 aliphatic heterocycles. The van der Waals surface area contributed by atoms with E-state index in [9.17, 15) is 9.90 Å². The lowest BCUT2D eigenvalue weighted by Crippen LogP contribution is -2.51. The Balaban J connectivity index is 1.27. The van der Waals surface area contributed by atoms with Gasteiger partial charge in [0.05, 0.1) is 6.10 Å². The third-order valence-corrected chi connectivity index (χ3v) is 7.37. The first-order chi connectivity index (χ1) is 16.2. The minimum Gasteiger partial charge on any atom is -0.391 e. The van der Waals surface area contributed by atoms with Gasteiger partial charge in [0.25, 0.3) is 5.91 Å². The minimum atomic E-state index is -0.395. The lowest BCUT2D eigenvalue weighted by Gasteiger charge is -2.42. The number of carbonyl (C=O) groups excluding carboxylic acids is 1. The summed E-state index contributed by atoms with van der Waals surface area (Å²) in [6.07, 6.45) is 3.16. The Hall–Kier alpha value is -2.95. The van der Waals surface area contributed by atoms with Gasteiger partial charge in [-0.3, -0.25) is 9.69 Å². The molecular weight excluding hydrogens is 408 g/mol. The Morgan fingerprint density at radius 1 is 0.879 bits per heavy atom. The Morgan fingerprint density at radius 3 is 2.30 bits per heavy atom. The number of likely N-dealkylation sites (tertiary alicyclic amines) is 1. The summed E-state index contributed by atoms with van der Waals surface area (Å²) in [6, 6.07) is 26.7. The number of amides is 1. The van der Waals surface area contributed by atoms with Crippen LogP contribution in [-0.4, -0.2) is 41.1 Å². The number of carbonyl (C=O) groups is 1. The fraction of sp³-hybridized carbons (Fsp3) is 0.345. The molecule has 0 radical (unpaired) electrons. The number of benzene rings is 3. The van der Waals surface area contributed by atoms with E-state index in [1.54, 1.807) is 0 Å². The van der Waals surface area contributed by atoms with Crippen molar-refractivity contribution in [1.82, 2.24) is 10.2 Å². The van der Waals surface area contributed by atoms with Crippen LogP contribution in [0.25, 0.3) is 0 Å². The summed E-state index contributed by atoms with van der Waals surface area (Å²) in [7, 11) is 0. The summed E-state index contributed by atoms with van der Waals surface area (Å²) in [5.74, 6) is 0.559. The zero-order chi connectivity index (χ0) is 22.6. The summed E-state index contributed by atoms with van der Waals surface area (Å²) in [6.45, 7) is 2.49. The van der Waals surface area contributed by atoms with Crippen molar-refractivity contribution in [1.29, 1.82) is 0 Å². The molecule has 0 aromatic heterocycles. The van der Waals surface area contributed by atoms with Gasteiger partial charge in [-0.1, -0.05) is 72.8 Å². The van der Waals surface area contributed by atoms with Crippen molar-refractivity contribution in [3.8, 4) is 0 Å². The van der Waals surface area contributed by atoms with Gasteiger partial charge in [0, 0.05) is 24.6 Å². The van der Waals surface area contributed by atoms with E-state index in [0.29, 0.717) is 18.9 Å². The number of hydrogen-bond donors (Lipinski definition) is 2. The summed E-state index contributed by atoms with van der Waals surface area (Å²) in [5, 5.41) is 14.1. The normalized spacial score (nSPS) is 21.4. The lowest BCUT2D eigenvalue weighted by molar-refractivity contribution is 0.0292. The number of aliphatic hydroxyl groups excluding tert-OH is 1. The highest BCUT2D eigenvalue weighted by molar-refractivity contribution is 5.96. The first-order valence-electron chi connectivity index (χ1n) is 12.1. The number of fused-ring (bicyclic) bond motifs is 1. The van der Waals surface area contributed by atoms with Crippen molar-refractivity contribution >= 4 is 5.91 Å². The van der Waals surface area contributed by atoms with Crippen molar-refractivity contribution in [3.63, 3.8) is 0 Å². The predicted molar refractivity (Wildman–Crippen MR) is 131 cm³/mol. The van der Waals surface area contributed by atoms with Gasteiger partial charge in [-0.25, -0.2) is 0 Å². The summed E-state index contributed by atoms with van der Waals surface area (Å²) >= 11 is 0. The van der Waals surface area contributed by atoms with Crippen molar-refractivity contribution in [2.24, 2.45) is 0 Å². The topological polar surface area (TPSA) is 52.6 Å². The van der Waals surface area contributed by atoms with Crippen LogP contribution < -0.4 is 5.32 Å². The molecule has 5 rings (SSSR count). The first-order valence-corrected chi connectivity index (χ1v) is 12.1. The maximum atomic E-state index is 13.1. The van der Waals surface area contributed by atoms with Gasteiger partial charge in [-0.15, -0.1) is 0 Å². The fourth-order valence-corrected chi connectivity index (χ4v) is 5.52. The van der Waals surface area contributed by atoms with Gasteiger partial charge >= 0.3 is 0 Å². The van der Waals surface area contributed by atoms with Gasteiger partial charge in [-0.2, -0.15) is 0 Å². The lowest BCUT2D eigenvalue weighted by atomic mass is 9.81. The third-order valence-electron chi connectivity index (χ3n) is 7.37. The standard InChI is InChI=1S/C29H32N2O2/c32-28-18-24-12-7-13-25(29(33)30-20-21-8-3-1-4-9-21)26(24)19-27(28)31-16-14-23(15-17-31)22-10-5-2-6-11-22/h1-13,23,27-28,32H,14-20H2,(H,30,33)/t27-,28-/m0/s1. The number of rotatable bonds is 5. The molecule has 33 heavy (non-hydrogen) atoms. The summed E-state index contributed by atoms with van der Waals surface area (Å²) in [4.78, 5) is 15.5. The molecule has 0 bridgehead atoms. The molecule has 2 aliphatic rings. The molecule has 0 unspecified atom stereocenters. The average molecular weight is 441 g/mol. The molecule has 1 amide bonds. The predicted octanol–water partition coefficient (Wildman–Crippen LogP) is 4.32. The van der Waals surface area contributed by atoms with Crippen LogP contribution in [0.15, 0.2) is 78.9 Å². The van der Waals surface area contributed by atoms with E-state index >= 15 is 0 Å². The molecule has 1 fully saturated rings. The number of aliphatic hydroxyl groups is 1. The van der Waals surface area contributed by atoms with Crippen LogP contribution in [0.4, 0.5) is 0 Å². The number of hydrogen-bond acceptors (Lipinski definition) is 3. The molecule has 2 N–H and O–H groups in total. The molecule has 3 aromatic carbocycles. The van der Waals surface area contributed by atoms with Crippen LogP contribution in [0, 0.1) is 0 Å². The maximum Gasteiger partial charge on any atom is 0.251 e. The van der Waals surface area contributed by atoms with Crippen LogP contribution in [-0.2, 0) is 19.4 Å². The second kappa shape index (κ2) is 9.90. The largest absolute Gasteiger partial charge is 0.391 e. The Labute approximate surface area is 196 Å². The molecule has 4 heteroatoms. The molecule has 4 nitrogen and oxygen atoms in total. The molecule has 0 spiro atoms. The number of nitrogens with one attached hydrogen (secondary N) is 1. The van der Waals surface area contributed by atoms with E-state index in [4.69, 9.17) is 0 Å². The SMILES string of the molecule is O=C(NCc1ccccc1)c1cccc2c1C[C@H](N1CCC(c3ccccc3)CC1)[C@@H](O)C2.